The summed E-state index contributed by atoms with van der Waals surface area (Å²) in [6.07, 6.45) is 3.90. The summed E-state index contributed by atoms with van der Waals surface area (Å²) in [6.45, 7) is 4.26. The van der Waals surface area contributed by atoms with Gasteiger partial charge in [0.25, 0.3) is 0 Å². The van der Waals surface area contributed by atoms with Gasteiger partial charge in [0.1, 0.15) is 11.1 Å². The van der Waals surface area contributed by atoms with Gasteiger partial charge in [-0.3, -0.25) is 4.98 Å². The largest absolute Gasteiger partial charge is 0.483 e. The predicted octanol–water partition coefficient (Wildman–Crippen LogP) is 4.01. The van der Waals surface area contributed by atoms with Crippen LogP contribution in [-0.4, -0.2) is 10.3 Å². The van der Waals surface area contributed by atoms with Gasteiger partial charge >= 0.3 is 0 Å². The lowest BCUT2D eigenvalue weighted by Gasteiger charge is -2.26. The first-order chi connectivity index (χ1) is 8.12. The topological polar surface area (TPSA) is 22.1 Å². The van der Waals surface area contributed by atoms with E-state index >= 15 is 0 Å². The molecule has 0 fully saturated rings. The maximum Gasteiger partial charge on any atom is 0.131 e. The van der Waals surface area contributed by atoms with Crippen LogP contribution in [0.4, 0.5) is 0 Å². The third-order valence-corrected chi connectivity index (χ3v) is 3.11. The van der Waals surface area contributed by atoms with Gasteiger partial charge in [-0.1, -0.05) is 34.7 Å². The fraction of sp³-hybridized carbons (Fsp3) is 0.357. The van der Waals surface area contributed by atoms with Gasteiger partial charge in [-0.15, -0.1) is 0 Å². The van der Waals surface area contributed by atoms with E-state index in [-0.39, 0.29) is 5.34 Å². The zero-order valence-electron chi connectivity index (χ0n) is 10.3. The van der Waals surface area contributed by atoms with E-state index in [4.69, 9.17) is 4.74 Å². The van der Waals surface area contributed by atoms with Crippen molar-refractivity contribution in [1.82, 2.24) is 4.98 Å². The standard InChI is InChI=1S/C14H18NOP/c1-3-9-14(2,17)16-13-8-10-15-12-7-5-4-6-11(12)13/h4-8,10H,3,9,17H2,1-2H3. The van der Waals surface area contributed by atoms with Crippen molar-refractivity contribution < 1.29 is 4.74 Å². The number of fused-ring (bicyclic) bond motifs is 1. The second-order valence-corrected chi connectivity index (χ2v) is 5.71. The molecule has 0 saturated heterocycles. The van der Waals surface area contributed by atoms with Crippen LogP contribution in [0.1, 0.15) is 26.7 Å². The first-order valence-electron chi connectivity index (χ1n) is 5.94. The van der Waals surface area contributed by atoms with Gasteiger partial charge in [-0.2, -0.15) is 0 Å². The van der Waals surface area contributed by atoms with Crippen LogP contribution in [0.25, 0.3) is 10.9 Å². The molecule has 0 saturated carbocycles. The van der Waals surface area contributed by atoms with Gasteiger partial charge in [0.15, 0.2) is 0 Å². The first kappa shape index (κ1) is 12.3. The number of hydrogen-bond acceptors (Lipinski definition) is 2. The summed E-state index contributed by atoms with van der Waals surface area (Å²) in [6, 6.07) is 9.98. The molecule has 2 unspecified atom stereocenters. The van der Waals surface area contributed by atoms with E-state index in [9.17, 15) is 0 Å². The zero-order valence-corrected chi connectivity index (χ0v) is 11.5. The molecule has 0 N–H and O–H groups in total. The van der Waals surface area contributed by atoms with Crippen molar-refractivity contribution in [3.05, 3.63) is 36.5 Å². The Hall–Kier alpha value is -1.14. The van der Waals surface area contributed by atoms with E-state index in [0.717, 1.165) is 29.5 Å². The molecule has 0 aliphatic rings. The Morgan fingerprint density at radius 3 is 2.82 bits per heavy atom. The molecule has 2 nitrogen and oxygen atoms in total. The average molecular weight is 247 g/mol. The maximum absolute atomic E-state index is 6.08. The third-order valence-electron chi connectivity index (χ3n) is 2.70. The molecule has 1 heterocycles. The summed E-state index contributed by atoms with van der Waals surface area (Å²) >= 11 is 0. The van der Waals surface area contributed by atoms with Crippen molar-refractivity contribution >= 4 is 20.1 Å². The average Bonchev–Trinajstić information content (AvgIpc) is 2.29. The van der Waals surface area contributed by atoms with Crippen molar-refractivity contribution in [2.45, 2.75) is 32.0 Å². The normalized spacial score (nSPS) is 14.5. The second kappa shape index (κ2) is 5.01. The summed E-state index contributed by atoms with van der Waals surface area (Å²) in [7, 11) is 2.79. The number of para-hydroxylation sites is 1. The predicted molar refractivity (Wildman–Crippen MR) is 75.4 cm³/mol. The van der Waals surface area contributed by atoms with E-state index < -0.39 is 0 Å². The van der Waals surface area contributed by atoms with Crippen LogP contribution in [-0.2, 0) is 0 Å². The maximum atomic E-state index is 6.08. The number of ether oxygens (including phenoxy) is 1. The molecule has 0 aliphatic heterocycles. The quantitative estimate of drug-likeness (QED) is 0.762. The van der Waals surface area contributed by atoms with Crippen LogP contribution >= 0.6 is 9.24 Å². The lowest BCUT2D eigenvalue weighted by Crippen LogP contribution is -2.23. The van der Waals surface area contributed by atoms with Crippen LogP contribution < -0.4 is 4.74 Å². The highest BCUT2D eigenvalue weighted by atomic mass is 31.0. The van der Waals surface area contributed by atoms with Gasteiger partial charge in [-0.25, -0.2) is 0 Å². The van der Waals surface area contributed by atoms with Crippen LogP contribution in [0.3, 0.4) is 0 Å². The fourth-order valence-corrected chi connectivity index (χ4v) is 2.37. The summed E-state index contributed by atoms with van der Waals surface area (Å²) in [5, 5.41) is 0.860. The molecule has 3 heteroatoms. The Morgan fingerprint density at radius 2 is 2.06 bits per heavy atom. The molecule has 0 amide bonds. The molecular formula is C14H18NOP. The van der Waals surface area contributed by atoms with Crippen molar-refractivity contribution in [2.24, 2.45) is 0 Å². The van der Waals surface area contributed by atoms with E-state index in [1.807, 2.05) is 30.3 Å². The van der Waals surface area contributed by atoms with E-state index in [1.165, 1.54) is 0 Å². The molecule has 1 aromatic carbocycles. The van der Waals surface area contributed by atoms with Crippen molar-refractivity contribution in [3.8, 4) is 5.75 Å². The first-order valence-corrected chi connectivity index (χ1v) is 6.52. The number of hydrogen-bond donors (Lipinski definition) is 0. The molecule has 1 aromatic heterocycles. The highest BCUT2D eigenvalue weighted by Gasteiger charge is 2.19. The molecule has 2 rings (SSSR count). The SMILES string of the molecule is CCCC(C)(P)Oc1ccnc2ccccc12. The number of rotatable bonds is 4. The number of pyridine rings is 1. The van der Waals surface area contributed by atoms with Gasteiger partial charge in [-0.05, 0) is 31.5 Å². The van der Waals surface area contributed by atoms with Crippen LogP contribution in [0.15, 0.2) is 36.5 Å². The lowest BCUT2D eigenvalue weighted by atomic mass is 10.2. The second-order valence-electron chi connectivity index (χ2n) is 4.49. The Bertz CT molecular complexity index is 505. The van der Waals surface area contributed by atoms with E-state index in [0.29, 0.717) is 0 Å². The van der Waals surface area contributed by atoms with Crippen molar-refractivity contribution in [2.75, 3.05) is 0 Å². The zero-order chi connectivity index (χ0) is 12.3. The monoisotopic (exact) mass is 247 g/mol. The summed E-state index contributed by atoms with van der Waals surface area (Å²) in [5.41, 5.74) is 0.974. The number of aromatic nitrogens is 1. The Labute approximate surface area is 105 Å². The minimum Gasteiger partial charge on any atom is -0.483 e. The molecule has 90 valence electrons. The van der Waals surface area contributed by atoms with E-state index in [2.05, 4.69) is 28.1 Å². The molecule has 0 bridgehead atoms. The van der Waals surface area contributed by atoms with Crippen LogP contribution in [0, 0.1) is 0 Å². The Kier molecular flexibility index (Phi) is 3.63. The van der Waals surface area contributed by atoms with Crippen LogP contribution in [0.5, 0.6) is 5.75 Å². The molecule has 0 radical (unpaired) electrons. The van der Waals surface area contributed by atoms with Crippen molar-refractivity contribution in [3.63, 3.8) is 0 Å². The third kappa shape index (κ3) is 2.95. The van der Waals surface area contributed by atoms with Gasteiger partial charge in [0.05, 0.1) is 5.52 Å². The van der Waals surface area contributed by atoms with Crippen LogP contribution in [0.2, 0.25) is 0 Å². The van der Waals surface area contributed by atoms with Gasteiger partial charge in [0.2, 0.25) is 0 Å². The highest BCUT2D eigenvalue weighted by Crippen LogP contribution is 2.32. The Balaban J connectivity index is 2.36. The minimum absolute atomic E-state index is 0.209. The molecule has 2 aromatic rings. The van der Waals surface area contributed by atoms with Gasteiger partial charge in [0, 0.05) is 11.6 Å². The highest BCUT2D eigenvalue weighted by molar-refractivity contribution is 7.18. The molecule has 2 atom stereocenters. The van der Waals surface area contributed by atoms with Gasteiger partial charge < -0.3 is 4.74 Å². The summed E-state index contributed by atoms with van der Waals surface area (Å²) < 4.78 is 6.08. The Morgan fingerprint density at radius 1 is 1.29 bits per heavy atom. The lowest BCUT2D eigenvalue weighted by molar-refractivity contribution is 0.175. The molecule has 0 spiro atoms. The number of nitrogens with zero attached hydrogens (tertiary/aromatic N) is 1. The molecule has 17 heavy (non-hydrogen) atoms. The van der Waals surface area contributed by atoms with Crippen molar-refractivity contribution in [1.29, 1.82) is 0 Å². The molecular weight excluding hydrogens is 229 g/mol. The minimum atomic E-state index is -0.209. The van der Waals surface area contributed by atoms with E-state index in [1.54, 1.807) is 6.20 Å². The molecule has 0 aliphatic carbocycles. The summed E-state index contributed by atoms with van der Waals surface area (Å²) in [4.78, 5) is 4.33. The number of benzene rings is 1. The fourth-order valence-electron chi connectivity index (χ4n) is 1.96. The smallest absolute Gasteiger partial charge is 0.131 e. The summed E-state index contributed by atoms with van der Waals surface area (Å²) in [5.74, 6) is 0.904.